The minimum absolute atomic E-state index is 0.479. The fourth-order valence-corrected chi connectivity index (χ4v) is 5.14. The van der Waals surface area contributed by atoms with Crippen LogP contribution in [0.5, 0.6) is 0 Å². The number of nitrogens with one attached hydrogen (secondary N) is 1. The summed E-state index contributed by atoms with van der Waals surface area (Å²) in [5.74, 6) is 0. The minimum Gasteiger partial charge on any atom is -0.394 e. The van der Waals surface area contributed by atoms with Crippen LogP contribution in [-0.2, 0) is 24.0 Å². The highest BCUT2D eigenvalue weighted by Crippen LogP contribution is 2.38. The van der Waals surface area contributed by atoms with Gasteiger partial charge < -0.3 is 20.1 Å². The van der Waals surface area contributed by atoms with Crippen molar-refractivity contribution in [1.29, 1.82) is 0 Å². The molecular weight excluding hydrogens is 448 g/mol. The SMILES string of the molecule is C1=Cc2ccc3c(c2CC1)CCc1ccccc1-3.O=c1ccn([C@@H]2O[C@H](CO)[C@@H](O)[C@H]2O)c(=O)[nH]1. The van der Waals surface area contributed by atoms with E-state index < -0.39 is 42.4 Å². The molecule has 0 bridgehead atoms. The van der Waals surface area contributed by atoms with E-state index in [1.807, 2.05) is 4.98 Å². The second-order valence-electron chi connectivity index (χ2n) is 9.00. The first-order valence-corrected chi connectivity index (χ1v) is 11.8. The first-order valence-electron chi connectivity index (χ1n) is 11.8. The normalized spacial score (nSPS) is 24.1. The smallest absolute Gasteiger partial charge is 0.330 e. The molecule has 3 aliphatic rings. The molecule has 0 amide bonds. The number of allylic oxidation sites excluding steroid dienone is 1. The summed E-state index contributed by atoms with van der Waals surface area (Å²) in [4.78, 5) is 24.3. The van der Waals surface area contributed by atoms with Gasteiger partial charge in [-0.1, -0.05) is 48.6 Å². The number of aliphatic hydroxyl groups is 3. The molecule has 0 saturated carbocycles. The molecule has 35 heavy (non-hydrogen) atoms. The van der Waals surface area contributed by atoms with Crippen molar-refractivity contribution in [3.63, 3.8) is 0 Å². The summed E-state index contributed by atoms with van der Waals surface area (Å²) in [6.07, 6.45) is 5.83. The number of aromatic amines is 1. The number of rotatable bonds is 2. The Hall–Kier alpha value is -3.30. The minimum atomic E-state index is -1.35. The van der Waals surface area contributed by atoms with Gasteiger partial charge >= 0.3 is 5.69 Å². The maximum absolute atomic E-state index is 11.4. The van der Waals surface area contributed by atoms with E-state index in [9.17, 15) is 19.8 Å². The number of fused-ring (bicyclic) bond motifs is 5. The molecular formula is C27H28N2O6. The van der Waals surface area contributed by atoms with Crippen LogP contribution in [0.25, 0.3) is 17.2 Å². The maximum atomic E-state index is 11.4. The van der Waals surface area contributed by atoms with Crippen molar-refractivity contribution in [2.24, 2.45) is 0 Å². The van der Waals surface area contributed by atoms with Gasteiger partial charge in [-0.3, -0.25) is 14.3 Å². The van der Waals surface area contributed by atoms with Crippen LogP contribution in [0.3, 0.4) is 0 Å². The van der Waals surface area contributed by atoms with Crippen molar-refractivity contribution in [1.82, 2.24) is 9.55 Å². The monoisotopic (exact) mass is 476 g/mol. The third kappa shape index (κ3) is 4.41. The summed E-state index contributed by atoms with van der Waals surface area (Å²) < 4.78 is 6.08. The summed E-state index contributed by atoms with van der Waals surface area (Å²) in [5.41, 5.74) is 7.77. The zero-order valence-corrected chi connectivity index (χ0v) is 19.1. The molecule has 2 heterocycles. The standard InChI is InChI=1S/C18H16.C9H12N2O6/c1-3-7-15-13(5-1)9-11-18-16-8-4-2-6-14(16)10-12-17(15)18;12-3-4-6(14)7(15)8(17-4)11-2-1-5(13)10-9(11)16/h1-3,5-7,10,12H,4,8-9,11H2;1-2,4,6-8,12,14-15H,3H2,(H,10,13,16)/t;4-,6-,7-,8-/m.1/s1. The van der Waals surface area contributed by atoms with E-state index in [2.05, 4.69) is 48.6 Å². The van der Waals surface area contributed by atoms with Gasteiger partial charge in [-0.15, -0.1) is 0 Å². The molecule has 0 unspecified atom stereocenters. The second kappa shape index (κ2) is 9.75. The predicted octanol–water partition coefficient (Wildman–Crippen LogP) is 1.56. The zero-order valence-electron chi connectivity index (χ0n) is 19.1. The van der Waals surface area contributed by atoms with Crippen LogP contribution >= 0.6 is 0 Å². The van der Waals surface area contributed by atoms with Gasteiger partial charge in [0.1, 0.15) is 18.3 Å². The summed E-state index contributed by atoms with van der Waals surface area (Å²) in [5, 5.41) is 28.1. The summed E-state index contributed by atoms with van der Waals surface area (Å²) in [7, 11) is 0. The third-order valence-electron chi connectivity index (χ3n) is 6.92. The number of aromatic nitrogens is 2. The Morgan fingerprint density at radius 1 is 0.943 bits per heavy atom. The molecule has 1 aliphatic heterocycles. The molecule has 4 atom stereocenters. The van der Waals surface area contributed by atoms with Crippen molar-refractivity contribution in [2.45, 2.75) is 50.2 Å². The van der Waals surface area contributed by atoms with E-state index in [1.165, 1.54) is 47.9 Å². The van der Waals surface area contributed by atoms with Gasteiger partial charge in [-0.2, -0.15) is 0 Å². The Kier molecular flexibility index (Phi) is 6.53. The van der Waals surface area contributed by atoms with Gasteiger partial charge in [0.25, 0.3) is 5.56 Å². The Bertz CT molecular complexity index is 1370. The van der Waals surface area contributed by atoms with Crippen molar-refractivity contribution >= 4 is 6.08 Å². The van der Waals surface area contributed by atoms with Gasteiger partial charge in [0, 0.05) is 12.3 Å². The van der Waals surface area contributed by atoms with Gasteiger partial charge in [0.2, 0.25) is 0 Å². The molecule has 0 radical (unpaired) electrons. The Balaban J connectivity index is 0.000000145. The lowest BCUT2D eigenvalue weighted by Crippen LogP contribution is -2.37. The van der Waals surface area contributed by atoms with Gasteiger partial charge in [0.05, 0.1) is 6.61 Å². The number of benzene rings is 2. The van der Waals surface area contributed by atoms with Crippen LogP contribution in [0.1, 0.15) is 34.9 Å². The van der Waals surface area contributed by atoms with Crippen LogP contribution < -0.4 is 11.2 Å². The van der Waals surface area contributed by atoms with E-state index in [1.54, 1.807) is 11.1 Å². The number of hydrogen-bond donors (Lipinski definition) is 4. The van der Waals surface area contributed by atoms with Crippen LogP contribution in [0.2, 0.25) is 0 Å². The van der Waals surface area contributed by atoms with Gasteiger partial charge in [-0.25, -0.2) is 4.79 Å². The topological polar surface area (TPSA) is 125 Å². The van der Waals surface area contributed by atoms with Crippen molar-refractivity contribution in [2.75, 3.05) is 6.61 Å². The largest absolute Gasteiger partial charge is 0.394 e. The van der Waals surface area contributed by atoms with E-state index in [-0.39, 0.29) is 0 Å². The van der Waals surface area contributed by atoms with Crippen molar-refractivity contribution < 1.29 is 20.1 Å². The number of ether oxygens (including phenoxy) is 1. The lowest BCUT2D eigenvalue weighted by Gasteiger charge is -2.25. The molecule has 8 nitrogen and oxygen atoms in total. The fourth-order valence-electron chi connectivity index (χ4n) is 5.14. The lowest BCUT2D eigenvalue weighted by molar-refractivity contribution is -0.0550. The van der Waals surface area contributed by atoms with Crippen molar-refractivity contribution in [3.05, 3.63) is 97.8 Å². The molecule has 2 aliphatic carbocycles. The molecule has 1 saturated heterocycles. The summed E-state index contributed by atoms with van der Waals surface area (Å²) in [6, 6.07) is 14.6. The average Bonchev–Trinajstić information content (AvgIpc) is 3.17. The summed E-state index contributed by atoms with van der Waals surface area (Å²) >= 11 is 0. The lowest BCUT2D eigenvalue weighted by atomic mass is 9.80. The third-order valence-corrected chi connectivity index (χ3v) is 6.92. The highest BCUT2D eigenvalue weighted by Gasteiger charge is 2.43. The number of aliphatic hydroxyl groups excluding tert-OH is 3. The Labute approximate surface area is 201 Å². The molecule has 8 heteroatoms. The molecule has 182 valence electrons. The molecule has 4 N–H and O–H groups in total. The quantitative estimate of drug-likeness (QED) is 0.445. The number of H-pyrrole nitrogens is 1. The average molecular weight is 477 g/mol. The number of aryl methyl sites for hydroxylation is 1. The van der Waals surface area contributed by atoms with E-state index >= 15 is 0 Å². The van der Waals surface area contributed by atoms with Crippen LogP contribution in [0.4, 0.5) is 0 Å². The first-order chi connectivity index (χ1) is 17.0. The Morgan fingerprint density at radius 3 is 2.54 bits per heavy atom. The number of nitrogens with zero attached hydrogens (tertiary/aromatic N) is 1. The van der Waals surface area contributed by atoms with Gasteiger partial charge in [-0.05, 0) is 59.1 Å². The highest BCUT2D eigenvalue weighted by molar-refractivity contribution is 5.77. The van der Waals surface area contributed by atoms with Crippen LogP contribution in [-0.4, -0.2) is 49.8 Å². The molecule has 3 aromatic rings. The fraction of sp³-hybridized carbons (Fsp3) is 0.333. The van der Waals surface area contributed by atoms with E-state index in [0.29, 0.717) is 0 Å². The van der Waals surface area contributed by atoms with E-state index in [0.717, 1.165) is 16.8 Å². The number of hydrogen-bond acceptors (Lipinski definition) is 6. The highest BCUT2D eigenvalue weighted by atomic mass is 16.6. The summed E-state index contributed by atoms with van der Waals surface area (Å²) in [6.45, 7) is -0.479. The van der Waals surface area contributed by atoms with E-state index in [4.69, 9.17) is 9.84 Å². The second-order valence-corrected chi connectivity index (χ2v) is 9.00. The van der Waals surface area contributed by atoms with Crippen LogP contribution in [0, 0.1) is 0 Å². The van der Waals surface area contributed by atoms with Crippen molar-refractivity contribution in [3.8, 4) is 11.1 Å². The molecule has 0 spiro atoms. The molecule has 1 fully saturated rings. The molecule has 6 rings (SSSR count). The Morgan fingerprint density at radius 2 is 1.77 bits per heavy atom. The zero-order chi connectivity index (χ0) is 24.5. The maximum Gasteiger partial charge on any atom is 0.330 e. The van der Waals surface area contributed by atoms with Crippen LogP contribution in [0.15, 0.2) is 64.3 Å². The predicted molar refractivity (Wildman–Crippen MR) is 131 cm³/mol. The van der Waals surface area contributed by atoms with Gasteiger partial charge in [0.15, 0.2) is 6.23 Å². The molecule has 1 aromatic heterocycles. The first kappa shape index (κ1) is 23.4. The molecule has 2 aromatic carbocycles.